The number of rotatable bonds is 10. The Labute approximate surface area is 214 Å². The Kier molecular flexibility index (Phi) is 8.48. The fourth-order valence-electron chi connectivity index (χ4n) is 4.30. The van der Waals surface area contributed by atoms with E-state index in [1.54, 1.807) is 56.3 Å². The van der Waals surface area contributed by atoms with E-state index in [2.05, 4.69) is 0 Å². The summed E-state index contributed by atoms with van der Waals surface area (Å²) in [5, 5.41) is 9.79. The van der Waals surface area contributed by atoms with Gasteiger partial charge >= 0.3 is 5.97 Å². The summed E-state index contributed by atoms with van der Waals surface area (Å²) in [6, 6.07) is 18.9. The molecule has 0 aliphatic rings. The van der Waals surface area contributed by atoms with Gasteiger partial charge in [0.1, 0.15) is 11.9 Å². The van der Waals surface area contributed by atoms with Crippen molar-refractivity contribution in [3.63, 3.8) is 0 Å². The second kappa shape index (κ2) is 11.4. The van der Waals surface area contributed by atoms with Crippen molar-refractivity contribution in [2.75, 3.05) is 0 Å². The summed E-state index contributed by atoms with van der Waals surface area (Å²) >= 11 is 6.09. The molecule has 3 N–H and O–H groups in total. The molecule has 3 rings (SSSR count). The Hall–Kier alpha value is -3.71. The highest BCUT2D eigenvalue weighted by molar-refractivity contribution is 6.30. The third-order valence-corrected chi connectivity index (χ3v) is 6.22. The lowest BCUT2D eigenvalue weighted by atomic mass is 9.89. The molecule has 0 saturated heterocycles. The molecular formula is C28H28ClFN2O4. The maximum absolute atomic E-state index is 13.8. The molecule has 2 amide bonds. The van der Waals surface area contributed by atoms with Crippen LogP contribution in [0, 0.1) is 5.82 Å². The molecule has 188 valence electrons. The molecule has 3 aromatic carbocycles. The third kappa shape index (κ3) is 6.70. The number of carbonyl (C=O) groups is 3. The van der Waals surface area contributed by atoms with Crippen molar-refractivity contribution in [3.8, 4) is 11.1 Å². The van der Waals surface area contributed by atoms with E-state index in [1.807, 2.05) is 18.2 Å². The maximum Gasteiger partial charge on any atom is 0.303 e. The number of carbonyl (C=O) groups excluding carboxylic acids is 2. The van der Waals surface area contributed by atoms with Crippen LogP contribution in [0.25, 0.3) is 11.1 Å². The molecule has 3 aromatic rings. The van der Waals surface area contributed by atoms with Crippen LogP contribution in [0.15, 0.2) is 72.8 Å². The first-order valence-electron chi connectivity index (χ1n) is 11.4. The van der Waals surface area contributed by atoms with Crippen LogP contribution >= 0.6 is 11.6 Å². The number of nitrogens with zero attached hydrogens (tertiary/aromatic N) is 1. The number of carboxylic acid groups (broad SMARTS) is 1. The zero-order valence-corrected chi connectivity index (χ0v) is 20.8. The van der Waals surface area contributed by atoms with Gasteiger partial charge in [-0.1, -0.05) is 48.0 Å². The molecule has 0 radical (unpaired) electrons. The second-order valence-electron chi connectivity index (χ2n) is 9.23. The number of halogens is 2. The van der Waals surface area contributed by atoms with Crippen molar-refractivity contribution in [1.82, 2.24) is 4.90 Å². The zero-order chi connectivity index (χ0) is 26.5. The maximum atomic E-state index is 13.8. The van der Waals surface area contributed by atoms with E-state index in [9.17, 15) is 23.9 Å². The number of primary amides is 1. The standard InChI is InChI=1S/C28H28ClFN2O4/c1-28(2,17-18-6-12-23(30)13-7-18)32(24(26(31)35)14-15-25(33)34)27(36)20-10-8-19(9-11-20)21-4-3-5-22(29)16-21/h3-13,16,24H,14-15,17H2,1-2H3,(H2,31,35)(H,33,34)/t24-/m0/s1. The molecule has 0 aromatic heterocycles. The van der Waals surface area contributed by atoms with Crippen molar-refractivity contribution < 1.29 is 23.9 Å². The summed E-state index contributed by atoms with van der Waals surface area (Å²) in [7, 11) is 0. The van der Waals surface area contributed by atoms with Crippen molar-refractivity contribution in [2.45, 2.75) is 44.7 Å². The number of nitrogens with two attached hydrogens (primary N) is 1. The highest BCUT2D eigenvalue weighted by Crippen LogP contribution is 2.29. The number of amides is 2. The Morgan fingerprint density at radius 2 is 1.64 bits per heavy atom. The molecule has 0 saturated carbocycles. The number of hydrogen-bond acceptors (Lipinski definition) is 3. The molecule has 0 aliphatic heterocycles. The normalized spacial score (nSPS) is 12.1. The van der Waals surface area contributed by atoms with Crippen LogP contribution in [0.4, 0.5) is 4.39 Å². The summed E-state index contributed by atoms with van der Waals surface area (Å²) in [6.45, 7) is 3.54. The lowest BCUT2D eigenvalue weighted by Gasteiger charge is -2.43. The van der Waals surface area contributed by atoms with Gasteiger partial charge in [0.05, 0.1) is 0 Å². The van der Waals surface area contributed by atoms with Gasteiger partial charge in [-0.15, -0.1) is 0 Å². The fraction of sp³-hybridized carbons (Fsp3) is 0.250. The summed E-state index contributed by atoms with van der Waals surface area (Å²) < 4.78 is 13.4. The van der Waals surface area contributed by atoms with Gasteiger partial charge in [0.15, 0.2) is 0 Å². The first-order valence-corrected chi connectivity index (χ1v) is 11.8. The summed E-state index contributed by atoms with van der Waals surface area (Å²) in [5.74, 6) is -2.75. The summed E-state index contributed by atoms with van der Waals surface area (Å²) in [5.41, 5.74) is 7.51. The smallest absolute Gasteiger partial charge is 0.303 e. The fourth-order valence-corrected chi connectivity index (χ4v) is 4.49. The molecule has 36 heavy (non-hydrogen) atoms. The van der Waals surface area contributed by atoms with E-state index in [0.717, 1.165) is 16.7 Å². The lowest BCUT2D eigenvalue weighted by Crippen LogP contribution is -2.58. The van der Waals surface area contributed by atoms with E-state index in [-0.39, 0.29) is 25.1 Å². The average molecular weight is 511 g/mol. The second-order valence-corrected chi connectivity index (χ2v) is 9.67. The van der Waals surface area contributed by atoms with E-state index in [1.165, 1.54) is 17.0 Å². The zero-order valence-electron chi connectivity index (χ0n) is 20.1. The van der Waals surface area contributed by atoms with Crippen LogP contribution < -0.4 is 5.73 Å². The molecule has 0 spiro atoms. The van der Waals surface area contributed by atoms with E-state index >= 15 is 0 Å². The van der Waals surface area contributed by atoms with Gasteiger partial charge in [0, 0.05) is 22.5 Å². The predicted molar refractivity (Wildman–Crippen MR) is 137 cm³/mol. The Morgan fingerprint density at radius 3 is 2.19 bits per heavy atom. The van der Waals surface area contributed by atoms with E-state index in [4.69, 9.17) is 17.3 Å². The Bertz CT molecular complexity index is 1240. The van der Waals surface area contributed by atoms with Crippen molar-refractivity contribution in [3.05, 3.63) is 94.8 Å². The topological polar surface area (TPSA) is 101 Å². The van der Waals surface area contributed by atoms with Crippen molar-refractivity contribution in [1.29, 1.82) is 0 Å². The van der Waals surface area contributed by atoms with Gasteiger partial charge in [-0.2, -0.15) is 0 Å². The average Bonchev–Trinajstić information content (AvgIpc) is 2.82. The molecule has 0 bridgehead atoms. The summed E-state index contributed by atoms with van der Waals surface area (Å²) in [4.78, 5) is 38.9. The predicted octanol–water partition coefficient (Wildman–Crippen LogP) is 5.33. The van der Waals surface area contributed by atoms with Crippen molar-refractivity contribution >= 4 is 29.4 Å². The first-order chi connectivity index (χ1) is 17.0. The SMILES string of the molecule is CC(C)(Cc1ccc(F)cc1)N(C(=O)c1ccc(-c2cccc(Cl)c2)cc1)[C@@H](CCC(=O)O)C(N)=O. The minimum atomic E-state index is -1.16. The van der Waals surface area contributed by atoms with Gasteiger partial charge in [0.2, 0.25) is 5.91 Å². The lowest BCUT2D eigenvalue weighted by molar-refractivity contribution is -0.137. The number of benzene rings is 3. The van der Waals surface area contributed by atoms with Crippen LogP contribution in [0.5, 0.6) is 0 Å². The highest BCUT2D eigenvalue weighted by Gasteiger charge is 2.39. The Balaban J connectivity index is 1.99. The first kappa shape index (κ1) is 26.9. The molecular weight excluding hydrogens is 483 g/mol. The van der Waals surface area contributed by atoms with Gasteiger partial charge in [-0.3, -0.25) is 14.4 Å². The van der Waals surface area contributed by atoms with Gasteiger partial charge in [-0.25, -0.2) is 4.39 Å². The van der Waals surface area contributed by atoms with E-state index in [0.29, 0.717) is 10.6 Å². The van der Waals surface area contributed by atoms with Crippen LogP contribution in [0.2, 0.25) is 5.02 Å². The van der Waals surface area contributed by atoms with Gasteiger partial charge in [0.25, 0.3) is 5.91 Å². The molecule has 8 heteroatoms. The van der Waals surface area contributed by atoms with Gasteiger partial charge < -0.3 is 15.7 Å². The summed E-state index contributed by atoms with van der Waals surface area (Å²) in [6.07, 6.45) is -0.182. The molecule has 0 unspecified atom stereocenters. The number of aliphatic carboxylic acids is 1. The third-order valence-electron chi connectivity index (χ3n) is 5.98. The monoisotopic (exact) mass is 510 g/mol. The number of hydrogen-bond donors (Lipinski definition) is 2. The largest absolute Gasteiger partial charge is 0.481 e. The minimum absolute atomic E-state index is 0.135. The van der Waals surface area contributed by atoms with Crippen molar-refractivity contribution in [2.24, 2.45) is 5.73 Å². The minimum Gasteiger partial charge on any atom is -0.481 e. The molecule has 0 aliphatic carbocycles. The van der Waals surface area contributed by atoms with Crippen LogP contribution in [-0.4, -0.2) is 39.4 Å². The molecule has 0 fully saturated rings. The molecule has 1 atom stereocenters. The van der Waals surface area contributed by atoms with Crippen LogP contribution in [-0.2, 0) is 16.0 Å². The van der Waals surface area contributed by atoms with Crippen LogP contribution in [0.3, 0.4) is 0 Å². The van der Waals surface area contributed by atoms with Crippen LogP contribution in [0.1, 0.15) is 42.6 Å². The molecule has 0 heterocycles. The van der Waals surface area contributed by atoms with Gasteiger partial charge in [-0.05, 0) is 79.8 Å². The number of carboxylic acids is 1. The molecule has 6 nitrogen and oxygen atoms in total. The Morgan fingerprint density at radius 1 is 1.00 bits per heavy atom. The highest BCUT2D eigenvalue weighted by atomic mass is 35.5. The van der Waals surface area contributed by atoms with E-state index < -0.39 is 29.4 Å². The quantitative estimate of drug-likeness (QED) is 0.385.